The highest BCUT2D eigenvalue weighted by Gasteiger charge is 2.16. The van der Waals surface area contributed by atoms with E-state index in [1.807, 2.05) is 24.3 Å². The summed E-state index contributed by atoms with van der Waals surface area (Å²) in [5.41, 5.74) is 7.62. The minimum atomic E-state index is 0.518. The molecule has 17 heavy (non-hydrogen) atoms. The lowest BCUT2D eigenvalue weighted by atomic mass is 10.1. The number of nitrogen functional groups attached to an aromatic ring is 1. The monoisotopic (exact) mass is 233 g/mol. The van der Waals surface area contributed by atoms with E-state index >= 15 is 0 Å². The number of benzene rings is 1. The molecule has 92 valence electrons. The third-order valence-electron chi connectivity index (χ3n) is 2.95. The van der Waals surface area contributed by atoms with Crippen molar-refractivity contribution in [2.45, 2.75) is 12.8 Å². The Morgan fingerprint density at radius 1 is 1.53 bits per heavy atom. The minimum absolute atomic E-state index is 0.518. The lowest BCUT2D eigenvalue weighted by Gasteiger charge is -2.13. The van der Waals surface area contributed by atoms with Gasteiger partial charge in [0.15, 0.2) is 0 Å². The zero-order valence-electron chi connectivity index (χ0n) is 10.0. The van der Waals surface area contributed by atoms with Crippen molar-refractivity contribution in [2.75, 3.05) is 25.6 Å². The van der Waals surface area contributed by atoms with E-state index in [1.165, 1.54) is 0 Å². The Kier molecular flexibility index (Phi) is 4.04. The predicted octanol–water partition coefficient (Wildman–Crippen LogP) is 2.41. The smallest absolute Gasteiger partial charge is 0.122 e. The van der Waals surface area contributed by atoms with Crippen molar-refractivity contribution in [3.05, 3.63) is 36.4 Å². The van der Waals surface area contributed by atoms with E-state index < -0.39 is 0 Å². The summed E-state index contributed by atoms with van der Waals surface area (Å²) in [6, 6.07) is 5.75. The second kappa shape index (κ2) is 5.73. The molecular formula is C14H19NO2. The second-order valence-corrected chi connectivity index (χ2v) is 4.40. The summed E-state index contributed by atoms with van der Waals surface area (Å²) >= 11 is 0. The van der Waals surface area contributed by atoms with Crippen molar-refractivity contribution in [2.24, 2.45) is 5.92 Å². The van der Waals surface area contributed by atoms with Gasteiger partial charge < -0.3 is 15.2 Å². The van der Waals surface area contributed by atoms with Gasteiger partial charge in [-0.05, 0) is 36.6 Å². The number of anilines is 1. The first kappa shape index (κ1) is 12.0. The Morgan fingerprint density at radius 3 is 3.12 bits per heavy atom. The molecule has 1 aliphatic rings. The van der Waals surface area contributed by atoms with Crippen LogP contribution in [0.4, 0.5) is 5.69 Å². The molecule has 0 aromatic heterocycles. The van der Waals surface area contributed by atoms with Gasteiger partial charge in [-0.15, -0.1) is 6.58 Å². The van der Waals surface area contributed by atoms with Crippen LogP contribution in [-0.4, -0.2) is 19.8 Å². The minimum Gasteiger partial charge on any atom is -0.493 e. The summed E-state index contributed by atoms with van der Waals surface area (Å²) in [6.45, 7) is 6.13. The first-order valence-corrected chi connectivity index (χ1v) is 5.99. The van der Waals surface area contributed by atoms with Crippen LogP contribution in [0.25, 0.3) is 0 Å². The molecule has 2 N–H and O–H groups in total. The molecule has 0 spiro atoms. The van der Waals surface area contributed by atoms with Gasteiger partial charge in [0.05, 0.1) is 13.2 Å². The molecule has 3 nitrogen and oxygen atoms in total. The highest BCUT2D eigenvalue weighted by atomic mass is 16.5. The van der Waals surface area contributed by atoms with Crippen LogP contribution in [0.15, 0.2) is 30.9 Å². The van der Waals surface area contributed by atoms with Crippen LogP contribution in [0.2, 0.25) is 0 Å². The number of ether oxygens (including phenoxy) is 2. The van der Waals surface area contributed by atoms with E-state index in [0.717, 1.165) is 43.1 Å². The molecule has 2 rings (SSSR count). The van der Waals surface area contributed by atoms with Crippen LogP contribution in [0, 0.1) is 5.92 Å². The van der Waals surface area contributed by atoms with Gasteiger partial charge in [-0.25, -0.2) is 0 Å². The number of nitrogens with two attached hydrogens (primary N) is 1. The molecule has 1 heterocycles. The van der Waals surface area contributed by atoms with Crippen LogP contribution < -0.4 is 10.5 Å². The van der Waals surface area contributed by atoms with Gasteiger partial charge in [0.25, 0.3) is 0 Å². The molecule has 0 bridgehead atoms. The molecule has 0 saturated carbocycles. The fourth-order valence-corrected chi connectivity index (χ4v) is 1.98. The van der Waals surface area contributed by atoms with Crippen molar-refractivity contribution in [3.8, 4) is 5.75 Å². The van der Waals surface area contributed by atoms with Gasteiger partial charge in [0, 0.05) is 18.2 Å². The van der Waals surface area contributed by atoms with E-state index in [9.17, 15) is 0 Å². The van der Waals surface area contributed by atoms with Crippen molar-refractivity contribution in [3.63, 3.8) is 0 Å². The second-order valence-electron chi connectivity index (χ2n) is 4.40. The Labute approximate surface area is 102 Å². The molecule has 1 aromatic carbocycles. The molecular weight excluding hydrogens is 214 g/mol. The molecule has 1 fully saturated rings. The van der Waals surface area contributed by atoms with Gasteiger partial charge in [-0.3, -0.25) is 0 Å². The van der Waals surface area contributed by atoms with Crippen LogP contribution in [-0.2, 0) is 11.2 Å². The van der Waals surface area contributed by atoms with E-state index in [0.29, 0.717) is 12.5 Å². The number of hydrogen-bond donors (Lipinski definition) is 1. The van der Waals surface area contributed by atoms with Crippen molar-refractivity contribution in [1.29, 1.82) is 0 Å². The fraction of sp³-hybridized carbons (Fsp3) is 0.429. The average molecular weight is 233 g/mol. The van der Waals surface area contributed by atoms with E-state index in [2.05, 4.69) is 6.58 Å². The highest BCUT2D eigenvalue weighted by molar-refractivity contribution is 5.48. The standard InChI is InChI=1S/C14H19NO2/c1-2-3-12-8-13(15)4-5-14(12)17-10-11-6-7-16-9-11/h2,4-5,8,11H,1,3,6-7,9-10,15H2. The van der Waals surface area contributed by atoms with E-state index in [-0.39, 0.29) is 0 Å². The quantitative estimate of drug-likeness (QED) is 0.627. The van der Waals surface area contributed by atoms with Crippen LogP contribution >= 0.6 is 0 Å². The molecule has 0 aliphatic carbocycles. The molecule has 1 unspecified atom stereocenters. The summed E-state index contributed by atoms with van der Waals surface area (Å²) in [5.74, 6) is 1.43. The summed E-state index contributed by atoms with van der Waals surface area (Å²) in [7, 11) is 0. The van der Waals surface area contributed by atoms with Gasteiger partial charge in [0.1, 0.15) is 5.75 Å². The molecule has 0 radical (unpaired) electrons. The first-order chi connectivity index (χ1) is 8.29. The molecule has 1 atom stereocenters. The first-order valence-electron chi connectivity index (χ1n) is 5.99. The molecule has 1 aromatic rings. The maximum atomic E-state index is 5.85. The van der Waals surface area contributed by atoms with Crippen LogP contribution in [0.3, 0.4) is 0 Å². The SMILES string of the molecule is C=CCc1cc(N)ccc1OCC1CCOC1. The largest absolute Gasteiger partial charge is 0.493 e. The third-order valence-corrected chi connectivity index (χ3v) is 2.95. The van der Waals surface area contributed by atoms with Crippen molar-refractivity contribution in [1.82, 2.24) is 0 Å². The topological polar surface area (TPSA) is 44.5 Å². The Balaban J connectivity index is 2.00. The van der Waals surface area contributed by atoms with E-state index in [1.54, 1.807) is 0 Å². The lowest BCUT2D eigenvalue weighted by Crippen LogP contribution is -2.12. The normalized spacial score (nSPS) is 19.2. The Bertz CT molecular complexity index is 384. The number of rotatable bonds is 5. The fourth-order valence-electron chi connectivity index (χ4n) is 1.98. The van der Waals surface area contributed by atoms with Gasteiger partial charge in [-0.1, -0.05) is 6.08 Å². The van der Waals surface area contributed by atoms with Crippen LogP contribution in [0.5, 0.6) is 5.75 Å². The van der Waals surface area contributed by atoms with Crippen molar-refractivity contribution < 1.29 is 9.47 Å². The molecule has 0 amide bonds. The molecule has 1 saturated heterocycles. The summed E-state index contributed by atoms with van der Waals surface area (Å²) in [6.07, 6.45) is 3.73. The zero-order valence-corrected chi connectivity index (χ0v) is 10.0. The van der Waals surface area contributed by atoms with E-state index in [4.69, 9.17) is 15.2 Å². The van der Waals surface area contributed by atoms with Crippen LogP contribution in [0.1, 0.15) is 12.0 Å². The summed E-state index contributed by atoms with van der Waals surface area (Å²) in [4.78, 5) is 0. The van der Waals surface area contributed by atoms with Gasteiger partial charge in [0.2, 0.25) is 0 Å². The highest BCUT2D eigenvalue weighted by Crippen LogP contribution is 2.24. The Hall–Kier alpha value is -1.48. The zero-order chi connectivity index (χ0) is 12.1. The Morgan fingerprint density at radius 2 is 2.41 bits per heavy atom. The molecule has 1 aliphatic heterocycles. The maximum absolute atomic E-state index is 5.85. The maximum Gasteiger partial charge on any atom is 0.122 e. The average Bonchev–Trinajstić information content (AvgIpc) is 2.81. The lowest BCUT2D eigenvalue weighted by molar-refractivity contribution is 0.167. The number of allylic oxidation sites excluding steroid dienone is 1. The summed E-state index contributed by atoms with van der Waals surface area (Å²) in [5, 5.41) is 0. The molecule has 3 heteroatoms. The van der Waals surface area contributed by atoms with Gasteiger partial charge >= 0.3 is 0 Å². The third kappa shape index (κ3) is 3.24. The summed E-state index contributed by atoms with van der Waals surface area (Å²) < 4.78 is 11.2. The number of hydrogen-bond acceptors (Lipinski definition) is 3. The van der Waals surface area contributed by atoms with Gasteiger partial charge in [-0.2, -0.15) is 0 Å². The van der Waals surface area contributed by atoms with Crippen molar-refractivity contribution >= 4 is 5.69 Å². The predicted molar refractivity (Wildman–Crippen MR) is 69.2 cm³/mol.